The molecule has 2 heteroatoms. The number of ether oxygens (including phenoxy) is 1. The summed E-state index contributed by atoms with van der Waals surface area (Å²) in [6.45, 7) is 10.9. The molecule has 90 valence electrons. The second kappa shape index (κ2) is 7.29. The van der Waals surface area contributed by atoms with Crippen molar-refractivity contribution in [3.05, 3.63) is 29.8 Å². The van der Waals surface area contributed by atoms with Crippen LogP contribution in [0.15, 0.2) is 24.3 Å². The smallest absolute Gasteiger partial charge is 0.137 e. The Hall–Kier alpha value is -1.02. The largest absolute Gasteiger partial charge is 0.487 e. The van der Waals surface area contributed by atoms with Gasteiger partial charge in [0.25, 0.3) is 0 Å². The second-order valence-corrected chi connectivity index (χ2v) is 4.02. The van der Waals surface area contributed by atoms with E-state index in [4.69, 9.17) is 4.74 Å². The third-order valence-electron chi connectivity index (χ3n) is 3.07. The number of quaternary nitrogens is 1. The highest BCUT2D eigenvalue weighted by atomic mass is 16.5. The van der Waals surface area contributed by atoms with Crippen LogP contribution in [0.3, 0.4) is 0 Å². The van der Waals surface area contributed by atoms with Crippen LogP contribution in [-0.4, -0.2) is 26.2 Å². The first-order valence-electron chi connectivity index (χ1n) is 6.36. The van der Waals surface area contributed by atoms with E-state index in [0.29, 0.717) is 0 Å². The highest BCUT2D eigenvalue weighted by molar-refractivity contribution is 5.33. The van der Waals surface area contributed by atoms with Gasteiger partial charge in [-0.25, -0.2) is 0 Å². The van der Waals surface area contributed by atoms with Crippen molar-refractivity contribution in [3.63, 3.8) is 0 Å². The minimum absolute atomic E-state index is 0.814. The number of aryl methyl sites for hydroxylation is 1. The van der Waals surface area contributed by atoms with Crippen LogP contribution < -0.4 is 9.64 Å². The van der Waals surface area contributed by atoms with E-state index in [2.05, 4.69) is 39.0 Å². The summed E-state index contributed by atoms with van der Waals surface area (Å²) in [5.41, 5.74) is 1.30. The maximum Gasteiger partial charge on any atom is 0.137 e. The van der Waals surface area contributed by atoms with Gasteiger partial charge in [0, 0.05) is 0 Å². The molecule has 0 aliphatic carbocycles. The van der Waals surface area contributed by atoms with Gasteiger partial charge in [-0.2, -0.15) is 0 Å². The molecule has 0 heterocycles. The highest BCUT2D eigenvalue weighted by Crippen LogP contribution is 2.17. The van der Waals surface area contributed by atoms with Gasteiger partial charge in [-0.3, -0.25) is 0 Å². The molecule has 16 heavy (non-hydrogen) atoms. The molecule has 0 bridgehead atoms. The fraction of sp³-hybridized carbons (Fsp3) is 0.571. The minimum atomic E-state index is 0.814. The zero-order valence-corrected chi connectivity index (χ0v) is 10.8. The average Bonchev–Trinajstić information content (AvgIpc) is 2.35. The molecule has 0 aliphatic heterocycles. The molecule has 0 atom stereocenters. The van der Waals surface area contributed by atoms with Crippen LogP contribution in [-0.2, 0) is 6.42 Å². The molecule has 1 aromatic carbocycles. The van der Waals surface area contributed by atoms with Gasteiger partial charge in [0.05, 0.1) is 13.1 Å². The molecule has 0 spiro atoms. The van der Waals surface area contributed by atoms with E-state index in [1.807, 2.05) is 6.07 Å². The topological polar surface area (TPSA) is 13.7 Å². The summed E-state index contributed by atoms with van der Waals surface area (Å²) in [7, 11) is 0. The molecule has 1 aromatic rings. The fourth-order valence-electron chi connectivity index (χ4n) is 1.85. The van der Waals surface area contributed by atoms with Crippen LogP contribution >= 0.6 is 0 Å². The first-order valence-corrected chi connectivity index (χ1v) is 6.36. The van der Waals surface area contributed by atoms with Crippen LogP contribution in [0.2, 0.25) is 0 Å². The number of hydrogen-bond donors (Lipinski definition) is 1. The minimum Gasteiger partial charge on any atom is -0.487 e. The average molecular weight is 222 g/mol. The van der Waals surface area contributed by atoms with Crippen molar-refractivity contribution in [3.8, 4) is 5.75 Å². The highest BCUT2D eigenvalue weighted by Gasteiger charge is 2.04. The molecule has 2 nitrogen and oxygen atoms in total. The van der Waals surface area contributed by atoms with E-state index >= 15 is 0 Å². The van der Waals surface area contributed by atoms with Gasteiger partial charge >= 0.3 is 0 Å². The van der Waals surface area contributed by atoms with Gasteiger partial charge < -0.3 is 9.64 Å². The normalized spacial score (nSPS) is 10.8. The summed E-state index contributed by atoms with van der Waals surface area (Å²) in [5, 5.41) is 0. The van der Waals surface area contributed by atoms with Crippen molar-refractivity contribution in [1.82, 2.24) is 0 Å². The predicted octanol–water partition coefficient (Wildman–Crippen LogP) is 1.55. The third-order valence-corrected chi connectivity index (χ3v) is 3.07. The van der Waals surface area contributed by atoms with Crippen molar-refractivity contribution in [2.45, 2.75) is 27.2 Å². The van der Waals surface area contributed by atoms with Gasteiger partial charge in [0.15, 0.2) is 0 Å². The monoisotopic (exact) mass is 222 g/mol. The van der Waals surface area contributed by atoms with Crippen LogP contribution in [0.25, 0.3) is 0 Å². The Bertz CT molecular complexity index is 295. The molecule has 0 amide bonds. The van der Waals surface area contributed by atoms with Crippen molar-refractivity contribution >= 4 is 0 Å². The van der Waals surface area contributed by atoms with E-state index in [-0.39, 0.29) is 0 Å². The third kappa shape index (κ3) is 3.86. The molecule has 0 aromatic heterocycles. The van der Waals surface area contributed by atoms with Crippen LogP contribution in [0, 0.1) is 0 Å². The molecule has 1 N–H and O–H groups in total. The van der Waals surface area contributed by atoms with E-state index in [0.717, 1.165) is 25.3 Å². The van der Waals surface area contributed by atoms with Crippen LogP contribution in [0.5, 0.6) is 5.75 Å². The summed E-state index contributed by atoms with van der Waals surface area (Å²) >= 11 is 0. The van der Waals surface area contributed by atoms with Crippen molar-refractivity contribution in [1.29, 1.82) is 0 Å². The Morgan fingerprint density at radius 1 is 1.06 bits per heavy atom. The molecular formula is C14H24NO+. The lowest BCUT2D eigenvalue weighted by molar-refractivity contribution is -0.896. The Balaban J connectivity index is 2.42. The lowest BCUT2D eigenvalue weighted by atomic mass is 10.1. The SMILES string of the molecule is CCc1ccccc1OCC[NH+](CC)CC. The van der Waals surface area contributed by atoms with Gasteiger partial charge in [-0.15, -0.1) is 0 Å². The maximum absolute atomic E-state index is 5.84. The van der Waals surface area contributed by atoms with E-state index in [9.17, 15) is 0 Å². The summed E-state index contributed by atoms with van der Waals surface area (Å²) < 4.78 is 5.84. The van der Waals surface area contributed by atoms with E-state index in [1.165, 1.54) is 18.7 Å². The standard InChI is InChI=1S/C14H23NO/c1-4-13-9-7-8-10-14(13)16-12-11-15(5-2)6-3/h7-10H,4-6,11-12H2,1-3H3/p+1. The Morgan fingerprint density at radius 2 is 1.75 bits per heavy atom. The predicted molar refractivity (Wildman–Crippen MR) is 68.2 cm³/mol. The molecular weight excluding hydrogens is 198 g/mol. The molecule has 0 aliphatic rings. The second-order valence-electron chi connectivity index (χ2n) is 4.02. The van der Waals surface area contributed by atoms with Gasteiger partial charge in [0.1, 0.15) is 18.9 Å². The summed E-state index contributed by atoms with van der Waals surface area (Å²) in [6, 6.07) is 8.32. The van der Waals surface area contributed by atoms with Gasteiger partial charge in [-0.1, -0.05) is 25.1 Å². The van der Waals surface area contributed by atoms with E-state index < -0.39 is 0 Å². The number of para-hydroxylation sites is 1. The van der Waals surface area contributed by atoms with Crippen LogP contribution in [0.4, 0.5) is 0 Å². The van der Waals surface area contributed by atoms with Crippen molar-refractivity contribution < 1.29 is 9.64 Å². The molecule has 0 saturated carbocycles. The molecule has 0 unspecified atom stereocenters. The molecule has 0 fully saturated rings. The number of likely N-dealkylation sites (N-methyl/N-ethyl adjacent to an activating group) is 1. The number of hydrogen-bond acceptors (Lipinski definition) is 1. The number of nitrogens with one attached hydrogen (secondary N) is 1. The van der Waals surface area contributed by atoms with E-state index in [1.54, 1.807) is 4.90 Å². The summed E-state index contributed by atoms with van der Waals surface area (Å²) in [5.74, 6) is 1.05. The van der Waals surface area contributed by atoms with Gasteiger partial charge in [-0.05, 0) is 31.9 Å². The van der Waals surface area contributed by atoms with Crippen molar-refractivity contribution in [2.24, 2.45) is 0 Å². The Kier molecular flexibility index (Phi) is 5.94. The zero-order valence-electron chi connectivity index (χ0n) is 10.8. The van der Waals surface area contributed by atoms with Gasteiger partial charge in [0.2, 0.25) is 0 Å². The number of rotatable bonds is 7. The first-order chi connectivity index (χ1) is 7.81. The Labute approximate surface area is 99.2 Å². The lowest BCUT2D eigenvalue weighted by Crippen LogP contribution is -3.12. The quantitative estimate of drug-likeness (QED) is 0.739. The maximum atomic E-state index is 5.84. The van der Waals surface area contributed by atoms with Crippen LogP contribution in [0.1, 0.15) is 26.3 Å². The lowest BCUT2D eigenvalue weighted by Gasteiger charge is -2.16. The fourth-order valence-corrected chi connectivity index (χ4v) is 1.85. The molecule has 1 rings (SSSR count). The first kappa shape index (κ1) is 13.0. The Morgan fingerprint density at radius 3 is 2.38 bits per heavy atom. The number of benzene rings is 1. The summed E-state index contributed by atoms with van der Waals surface area (Å²) in [4.78, 5) is 1.59. The zero-order chi connectivity index (χ0) is 11.8. The molecule has 0 radical (unpaired) electrons. The molecule has 0 saturated heterocycles. The summed E-state index contributed by atoms with van der Waals surface area (Å²) in [6.07, 6.45) is 1.04. The van der Waals surface area contributed by atoms with Crippen molar-refractivity contribution in [2.75, 3.05) is 26.2 Å².